The quantitative estimate of drug-likeness (QED) is 0.189. The first-order chi connectivity index (χ1) is 28.3. The molecule has 0 radical (unpaired) electrons. The van der Waals surface area contributed by atoms with E-state index in [0.29, 0.717) is 43.7 Å². The molecule has 2 saturated carbocycles. The molecular weight excluding hydrogens is 753 g/mol. The highest BCUT2D eigenvalue weighted by atomic mass is 16.6. The van der Waals surface area contributed by atoms with E-state index in [4.69, 9.17) is 28.7 Å². The molecule has 12 atom stereocenters. The number of para-hydroxylation sites is 1. The SMILES string of the molecule is CC[C@]12CN3CC[C@@]45C(=Nc6ccccc64)[C@@](C(=O)OC)(c4cc6c(cc4OC)N(C)[C@H]4[C@@](O)(C(=O)OC)[C@H](OC(C)=O)[C@]7(CC)C=CCN8CC[C@]64[C@@H]87)C[C@@H]([C@H]1O2)[C@H]35. The first kappa shape index (κ1) is 37.7. The number of anilines is 1. The summed E-state index contributed by atoms with van der Waals surface area (Å²) in [5.74, 6) is -1.37. The van der Waals surface area contributed by atoms with Gasteiger partial charge in [0.2, 0.25) is 5.60 Å². The summed E-state index contributed by atoms with van der Waals surface area (Å²) in [5, 5.41) is 13.3. The number of epoxide rings is 1. The number of hydrogen-bond acceptors (Lipinski definition) is 13. The Morgan fingerprint density at radius 1 is 0.949 bits per heavy atom. The van der Waals surface area contributed by atoms with Crippen molar-refractivity contribution in [3.05, 3.63) is 65.2 Å². The van der Waals surface area contributed by atoms with E-state index in [1.54, 1.807) is 7.11 Å². The van der Waals surface area contributed by atoms with Crippen molar-refractivity contribution in [2.75, 3.05) is 59.5 Å². The van der Waals surface area contributed by atoms with Crippen LogP contribution >= 0.6 is 0 Å². The zero-order chi connectivity index (χ0) is 41.2. The number of piperidine rings is 1. The van der Waals surface area contributed by atoms with Gasteiger partial charge in [0.1, 0.15) is 16.8 Å². The number of carbonyl (C=O) groups is 3. The van der Waals surface area contributed by atoms with Crippen LogP contribution in [0.5, 0.6) is 5.75 Å². The summed E-state index contributed by atoms with van der Waals surface area (Å²) >= 11 is 0. The van der Waals surface area contributed by atoms with Crippen molar-refractivity contribution >= 4 is 35.0 Å². The van der Waals surface area contributed by atoms with E-state index in [1.165, 1.54) is 21.1 Å². The van der Waals surface area contributed by atoms with E-state index in [9.17, 15) is 14.7 Å². The summed E-state index contributed by atoms with van der Waals surface area (Å²) in [7, 11) is 6.24. The number of carbonyl (C=O) groups excluding carboxylic acids is 3. The van der Waals surface area contributed by atoms with Gasteiger partial charge in [-0.05, 0) is 68.5 Å². The van der Waals surface area contributed by atoms with Gasteiger partial charge >= 0.3 is 17.9 Å². The maximum Gasteiger partial charge on any atom is 0.344 e. The molecule has 9 aliphatic rings. The number of methoxy groups -OCH3 is 3. The van der Waals surface area contributed by atoms with Crippen molar-refractivity contribution < 1.29 is 43.2 Å². The second-order valence-corrected chi connectivity index (χ2v) is 18.8. The minimum Gasteiger partial charge on any atom is -0.496 e. The highest BCUT2D eigenvalue weighted by Gasteiger charge is 2.81. The van der Waals surface area contributed by atoms with E-state index in [1.807, 2.05) is 31.0 Å². The molecule has 13 nitrogen and oxygen atoms in total. The Kier molecular flexibility index (Phi) is 7.63. The number of hydrogen-bond donors (Lipinski definition) is 1. The summed E-state index contributed by atoms with van der Waals surface area (Å²) in [6.45, 7) is 8.60. The molecule has 312 valence electrons. The number of esters is 3. The van der Waals surface area contributed by atoms with Gasteiger partial charge in [0.05, 0.1) is 50.3 Å². The summed E-state index contributed by atoms with van der Waals surface area (Å²) in [5.41, 5.74) is -1.18. The second kappa shape index (κ2) is 12.0. The lowest BCUT2D eigenvalue weighted by atomic mass is 9.47. The lowest BCUT2D eigenvalue weighted by Crippen LogP contribution is -2.81. The van der Waals surface area contributed by atoms with Crippen LogP contribution in [0, 0.1) is 11.3 Å². The van der Waals surface area contributed by atoms with Crippen LogP contribution in [0.2, 0.25) is 0 Å². The van der Waals surface area contributed by atoms with Gasteiger partial charge in [-0.1, -0.05) is 44.2 Å². The largest absolute Gasteiger partial charge is 0.496 e. The third-order valence-electron chi connectivity index (χ3n) is 17.1. The van der Waals surface area contributed by atoms with Gasteiger partial charge in [-0.2, -0.15) is 0 Å². The van der Waals surface area contributed by atoms with Crippen LogP contribution in [-0.2, 0) is 49.6 Å². The van der Waals surface area contributed by atoms with Gasteiger partial charge in [0.25, 0.3) is 0 Å². The van der Waals surface area contributed by atoms with E-state index in [-0.39, 0.29) is 29.7 Å². The van der Waals surface area contributed by atoms with Crippen molar-refractivity contribution in [1.29, 1.82) is 0 Å². The van der Waals surface area contributed by atoms with Crippen LogP contribution in [0.3, 0.4) is 0 Å². The predicted octanol–water partition coefficient (Wildman–Crippen LogP) is 3.73. The third kappa shape index (κ3) is 4.03. The van der Waals surface area contributed by atoms with Crippen LogP contribution in [0.15, 0.2) is 53.5 Å². The summed E-state index contributed by atoms with van der Waals surface area (Å²) in [4.78, 5) is 55.3. The van der Waals surface area contributed by atoms with Crippen LogP contribution in [0.25, 0.3) is 0 Å². The molecule has 2 aliphatic carbocycles. The van der Waals surface area contributed by atoms with Crippen LogP contribution < -0.4 is 9.64 Å². The fourth-order valence-corrected chi connectivity index (χ4v) is 15.2. The maximum atomic E-state index is 15.4. The van der Waals surface area contributed by atoms with E-state index in [2.05, 4.69) is 53.1 Å². The third-order valence-corrected chi connectivity index (χ3v) is 17.1. The average Bonchev–Trinajstić information content (AvgIpc) is 3.46. The first-order valence-electron chi connectivity index (χ1n) is 21.4. The number of aliphatic imine (C=N–C) groups is 1. The molecule has 2 aromatic carbocycles. The van der Waals surface area contributed by atoms with Gasteiger partial charge in [-0.25, -0.2) is 4.79 Å². The topological polar surface area (TPSA) is 143 Å². The Morgan fingerprint density at radius 2 is 1.71 bits per heavy atom. The molecule has 0 amide bonds. The predicted molar refractivity (Wildman–Crippen MR) is 216 cm³/mol. The monoisotopic (exact) mass is 806 g/mol. The number of benzene rings is 2. The molecule has 11 rings (SSSR count). The molecule has 7 aliphatic heterocycles. The minimum atomic E-state index is -2.28. The molecule has 7 heterocycles. The Balaban J connectivity index is 1.20. The Hall–Kier alpha value is -4.30. The van der Waals surface area contributed by atoms with Crippen molar-refractivity contribution in [3.8, 4) is 5.75 Å². The molecule has 6 fully saturated rings. The van der Waals surface area contributed by atoms with Crippen LogP contribution in [-0.4, -0.2) is 135 Å². The highest BCUT2D eigenvalue weighted by molar-refractivity contribution is 6.21. The smallest absolute Gasteiger partial charge is 0.344 e. The van der Waals surface area contributed by atoms with Gasteiger partial charge in [-0.3, -0.25) is 24.4 Å². The lowest BCUT2D eigenvalue weighted by molar-refractivity contribution is -0.228. The highest BCUT2D eigenvalue weighted by Crippen LogP contribution is 2.71. The molecule has 2 spiro atoms. The van der Waals surface area contributed by atoms with Crippen LogP contribution in [0.1, 0.15) is 69.6 Å². The number of aliphatic hydroxyl groups is 1. The maximum absolute atomic E-state index is 15.4. The molecule has 59 heavy (non-hydrogen) atoms. The number of nitrogens with zero attached hydrogens (tertiary/aromatic N) is 4. The zero-order valence-corrected chi connectivity index (χ0v) is 34.9. The Labute approximate surface area is 344 Å². The molecule has 2 aromatic rings. The second-order valence-electron chi connectivity index (χ2n) is 18.8. The molecule has 0 bridgehead atoms. The van der Waals surface area contributed by atoms with Crippen molar-refractivity contribution in [1.82, 2.24) is 9.80 Å². The van der Waals surface area contributed by atoms with Gasteiger partial charge in [0, 0.05) is 73.2 Å². The molecule has 13 heteroatoms. The fraction of sp³-hybridized carbons (Fsp3) is 0.609. The van der Waals surface area contributed by atoms with Gasteiger partial charge < -0.3 is 33.7 Å². The summed E-state index contributed by atoms with van der Waals surface area (Å²) in [6.07, 6.45) is 6.04. The number of likely N-dealkylation sites (N-methyl/N-ethyl adjacent to an activating group) is 1. The standard InChI is InChI=1S/C46H54N4O9/c1-8-41-15-12-18-49-19-17-44(36(41)49)28-21-29(32(55-5)22-31(28)48(4)37(44)46(54,40(53)57-7)38(41)58-25(3)51)45(39(52)56-6)23-26-33-43(27-13-10-11-14-30(27)47-35(43)45)16-20-50(33)24-42(9-2)34(26)59-42/h10-15,21-22,26,33-34,36-38,54H,8-9,16-20,23-24H2,1-7H3/t26-,33+,34-,36+,37-,38-,41-,42+,43-,44-,45+,46+/m1/s1. The number of fused-ring (bicyclic) bond motifs is 4. The van der Waals surface area contributed by atoms with E-state index < -0.39 is 57.3 Å². The average molecular weight is 807 g/mol. The number of ether oxygens (including phenoxy) is 5. The van der Waals surface area contributed by atoms with Crippen molar-refractivity contribution in [2.45, 2.75) is 111 Å². The number of rotatable bonds is 7. The van der Waals surface area contributed by atoms with Crippen molar-refractivity contribution in [3.63, 3.8) is 0 Å². The zero-order valence-electron chi connectivity index (χ0n) is 34.9. The van der Waals surface area contributed by atoms with Crippen molar-refractivity contribution in [2.24, 2.45) is 16.3 Å². The molecule has 4 saturated heterocycles. The summed E-state index contributed by atoms with van der Waals surface area (Å²) in [6, 6.07) is 11.4. The first-order valence-corrected chi connectivity index (χ1v) is 21.4. The fourth-order valence-electron chi connectivity index (χ4n) is 15.2. The minimum absolute atomic E-state index is 0.0104. The van der Waals surface area contributed by atoms with E-state index >= 15 is 4.79 Å². The Bertz CT molecular complexity index is 2300. The molecular formula is C46H54N4O9. The molecule has 1 N–H and O–H groups in total. The normalized spacial score (nSPS) is 42.6. The van der Waals surface area contributed by atoms with Crippen LogP contribution in [0.4, 0.5) is 11.4 Å². The van der Waals surface area contributed by atoms with Gasteiger partial charge in [0.15, 0.2) is 6.10 Å². The summed E-state index contributed by atoms with van der Waals surface area (Å²) < 4.78 is 30.8. The van der Waals surface area contributed by atoms with Gasteiger partial charge in [-0.15, -0.1) is 0 Å². The Morgan fingerprint density at radius 3 is 2.42 bits per heavy atom. The molecule has 0 aromatic heterocycles. The van der Waals surface area contributed by atoms with E-state index in [0.717, 1.165) is 54.1 Å². The molecule has 0 unspecified atom stereocenters. The lowest BCUT2D eigenvalue weighted by Gasteiger charge is -2.63.